The number of ether oxygens (including phenoxy) is 3. The summed E-state index contributed by atoms with van der Waals surface area (Å²) in [4.78, 5) is 21.7. The zero-order chi connectivity index (χ0) is 17.6. The number of hydrogen-bond acceptors (Lipinski definition) is 7. The second-order valence-corrected chi connectivity index (χ2v) is 4.95. The van der Waals surface area contributed by atoms with Crippen molar-refractivity contribution in [1.82, 2.24) is 5.43 Å². The van der Waals surface area contributed by atoms with Crippen LogP contribution in [0.2, 0.25) is 0 Å². The molecular formula is C16H13N3O6. The minimum absolute atomic E-state index is 0.0508. The van der Waals surface area contributed by atoms with E-state index in [1.54, 1.807) is 18.2 Å². The van der Waals surface area contributed by atoms with Crippen molar-refractivity contribution in [3.8, 4) is 17.2 Å². The van der Waals surface area contributed by atoms with Crippen LogP contribution in [0.3, 0.4) is 0 Å². The smallest absolute Gasteiger partial charge is 0.277 e. The van der Waals surface area contributed by atoms with Crippen molar-refractivity contribution in [1.29, 1.82) is 0 Å². The first-order valence-corrected chi connectivity index (χ1v) is 7.20. The number of nitrogens with zero attached hydrogens (tertiary/aromatic N) is 2. The number of amides is 1. The third-order valence-electron chi connectivity index (χ3n) is 3.22. The topological polar surface area (TPSA) is 112 Å². The van der Waals surface area contributed by atoms with Crippen LogP contribution in [0.15, 0.2) is 47.6 Å². The SMILES string of the molecule is O=C(COc1ccc([N+](=O)[O-])cc1)N/N=C/c1ccc2c(c1)OCO2. The largest absolute Gasteiger partial charge is 0.484 e. The van der Waals surface area contributed by atoms with Crippen LogP contribution in [0.4, 0.5) is 5.69 Å². The number of nitro benzene ring substituents is 1. The Bertz CT molecular complexity index is 819. The molecule has 0 radical (unpaired) electrons. The lowest BCUT2D eigenvalue weighted by Gasteiger charge is -2.04. The molecule has 0 unspecified atom stereocenters. The number of non-ortho nitro benzene ring substituents is 1. The lowest BCUT2D eigenvalue weighted by Crippen LogP contribution is -2.24. The molecule has 0 saturated carbocycles. The molecule has 1 heterocycles. The van der Waals surface area contributed by atoms with Crippen LogP contribution in [0.5, 0.6) is 17.2 Å². The van der Waals surface area contributed by atoms with Gasteiger partial charge in [-0.1, -0.05) is 0 Å². The van der Waals surface area contributed by atoms with Gasteiger partial charge in [-0.3, -0.25) is 14.9 Å². The average molecular weight is 343 g/mol. The van der Waals surface area contributed by atoms with Crippen LogP contribution in [-0.2, 0) is 4.79 Å². The molecule has 3 rings (SSSR count). The third-order valence-corrected chi connectivity index (χ3v) is 3.22. The highest BCUT2D eigenvalue weighted by molar-refractivity contribution is 5.83. The molecule has 0 saturated heterocycles. The fraction of sp³-hybridized carbons (Fsp3) is 0.125. The predicted molar refractivity (Wildman–Crippen MR) is 86.9 cm³/mol. The first kappa shape index (κ1) is 16.2. The van der Waals surface area contributed by atoms with Gasteiger partial charge in [0.25, 0.3) is 11.6 Å². The van der Waals surface area contributed by atoms with E-state index in [0.717, 1.165) is 5.56 Å². The molecule has 0 atom stereocenters. The molecule has 0 aromatic heterocycles. The van der Waals surface area contributed by atoms with Gasteiger partial charge in [0.1, 0.15) is 5.75 Å². The maximum Gasteiger partial charge on any atom is 0.277 e. The van der Waals surface area contributed by atoms with E-state index in [2.05, 4.69) is 10.5 Å². The quantitative estimate of drug-likeness (QED) is 0.487. The summed E-state index contributed by atoms with van der Waals surface area (Å²) in [5.41, 5.74) is 3.01. The molecule has 0 bridgehead atoms. The van der Waals surface area contributed by atoms with E-state index >= 15 is 0 Å². The summed E-state index contributed by atoms with van der Waals surface area (Å²) in [6.45, 7) is -0.0804. The van der Waals surface area contributed by atoms with Gasteiger partial charge in [0, 0.05) is 12.1 Å². The minimum atomic E-state index is -0.513. The van der Waals surface area contributed by atoms with Gasteiger partial charge in [-0.15, -0.1) is 0 Å². The van der Waals surface area contributed by atoms with Crippen LogP contribution < -0.4 is 19.6 Å². The Balaban J connectivity index is 1.47. The van der Waals surface area contributed by atoms with E-state index < -0.39 is 10.8 Å². The summed E-state index contributed by atoms with van der Waals surface area (Å²) >= 11 is 0. The van der Waals surface area contributed by atoms with Gasteiger partial charge in [0.2, 0.25) is 6.79 Å². The number of carbonyl (C=O) groups excluding carboxylic acids is 1. The van der Waals surface area contributed by atoms with Crippen molar-refractivity contribution < 1.29 is 23.9 Å². The standard InChI is InChI=1S/C16H13N3O6/c20-16(9-23-13-4-2-12(3-5-13)19(21)22)18-17-8-11-1-6-14-15(7-11)25-10-24-14/h1-8H,9-10H2,(H,18,20)/b17-8+. The highest BCUT2D eigenvalue weighted by atomic mass is 16.7. The van der Waals surface area contributed by atoms with Gasteiger partial charge in [0.15, 0.2) is 18.1 Å². The summed E-state index contributed by atoms with van der Waals surface area (Å²) in [6.07, 6.45) is 1.46. The second-order valence-electron chi connectivity index (χ2n) is 4.95. The fourth-order valence-corrected chi connectivity index (χ4v) is 2.02. The van der Waals surface area contributed by atoms with Crippen molar-refractivity contribution in [2.24, 2.45) is 5.10 Å². The number of rotatable bonds is 6. The maximum absolute atomic E-state index is 11.7. The van der Waals surface area contributed by atoms with Crippen LogP contribution in [0.25, 0.3) is 0 Å². The van der Waals surface area contributed by atoms with E-state index in [1.807, 2.05) is 0 Å². The highest BCUT2D eigenvalue weighted by Gasteiger charge is 2.12. The molecule has 9 nitrogen and oxygen atoms in total. The third kappa shape index (κ3) is 4.22. The Hall–Kier alpha value is -3.62. The number of hydrazone groups is 1. The normalized spacial score (nSPS) is 12.2. The van der Waals surface area contributed by atoms with E-state index in [-0.39, 0.29) is 19.1 Å². The Labute approximate surface area is 142 Å². The van der Waals surface area contributed by atoms with Gasteiger partial charge in [-0.2, -0.15) is 5.10 Å². The highest BCUT2D eigenvalue weighted by Crippen LogP contribution is 2.31. The summed E-state index contributed by atoms with van der Waals surface area (Å²) in [5.74, 6) is 1.17. The predicted octanol–water partition coefficient (Wildman–Crippen LogP) is 1.85. The van der Waals surface area contributed by atoms with Gasteiger partial charge in [-0.05, 0) is 35.9 Å². The molecule has 0 fully saturated rings. The zero-order valence-corrected chi connectivity index (χ0v) is 12.9. The van der Waals surface area contributed by atoms with Crippen molar-refractivity contribution in [2.75, 3.05) is 13.4 Å². The van der Waals surface area contributed by atoms with Crippen molar-refractivity contribution in [2.45, 2.75) is 0 Å². The number of hydrogen-bond donors (Lipinski definition) is 1. The monoisotopic (exact) mass is 343 g/mol. The Morgan fingerprint density at radius 3 is 2.76 bits per heavy atom. The molecule has 1 N–H and O–H groups in total. The lowest BCUT2D eigenvalue weighted by molar-refractivity contribution is -0.384. The van der Waals surface area contributed by atoms with E-state index in [1.165, 1.54) is 30.5 Å². The molecule has 2 aromatic carbocycles. The maximum atomic E-state index is 11.7. The van der Waals surface area contributed by atoms with Crippen LogP contribution in [0.1, 0.15) is 5.56 Å². The van der Waals surface area contributed by atoms with Crippen LogP contribution >= 0.6 is 0 Å². The van der Waals surface area contributed by atoms with Crippen LogP contribution in [-0.4, -0.2) is 30.4 Å². The van der Waals surface area contributed by atoms with E-state index in [0.29, 0.717) is 17.2 Å². The number of nitrogens with one attached hydrogen (secondary N) is 1. The Morgan fingerprint density at radius 2 is 2.00 bits per heavy atom. The number of benzene rings is 2. The first-order valence-electron chi connectivity index (χ1n) is 7.20. The second kappa shape index (κ2) is 7.30. The Morgan fingerprint density at radius 1 is 1.24 bits per heavy atom. The van der Waals surface area contributed by atoms with Crippen molar-refractivity contribution in [3.63, 3.8) is 0 Å². The summed E-state index contributed by atoms with van der Waals surface area (Å²) in [7, 11) is 0. The molecule has 0 aliphatic carbocycles. The molecule has 1 aliphatic rings. The summed E-state index contributed by atoms with van der Waals surface area (Å²) in [5, 5.41) is 14.4. The first-order chi connectivity index (χ1) is 12.1. The molecular weight excluding hydrogens is 330 g/mol. The number of nitro groups is 1. The van der Waals surface area contributed by atoms with Gasteiger partial charge in [0.05, 0.1) is 11.1 Å². The van der Waals surface area contributed by atoms with Gasteiger partial charge >= 0.3 is 0 Å². The average Bonchev–Trinajstić information content (AvgIpc) is 3.08. The molecule has 9 heteroatoms. The van der Waals surface area contributed by atoms with E-state index in [4.69, 9.17) is 14.2 Å². The minimum Gasteiger partial charge on any atom is -0.484 e. The van der Waals surface area contributed by atoms with Gasteiger partial charge < -0.3 is 14.2 Å². The zero-order valence-electron chi connectivity index (χ0n) is 12.9. The number of carbonyl (C=O) groups is 1. The lowest BCUT2D eigenvalue weighted by atomic mass is 10.2. The number of fused-ring (bicyclic) bond motifs is 1. The summed E-state index contributed by atoms with van der Waals surface area (Å²) < 4.78 is 15.7. The van der Waals surface area contributed by atoms with Gasteiger partial charge in [-0.25, -0.2) is 5.43 Å². The molecule has 128 valence electrons. The molecule has 25 heavy (non-hydrogen) atoms. The molecule has 2 aromatic rings. The summed E-state index contributed by atoms with van der Waals surface area (Å²) in [6, 6.07) is 10.7. The molecule has 0 spiro atoms. The Kier molecular flexibility index (Phi) is 4.74. The fourth-order valence-electron chi connectivity index (χ4n) is 2.02. The molecule has 1 aliphatic heterocycles. The van der Waals surface area contributed by atoms with Crippen molar-refractivity contribution in [3.05, 3.63) is 58.1 Å². The van der Waals surface area contributed by atoms with E-state index in [9.17, 15) is 14.9 Å². The molecule has 1 amide bonds. The van der Waals surface area contributed by atoms with Crippen LogP contribution in [0, 0.1) is 10.1 Å². The van der Waals surface area contributed by atoms with Crippen molar-refractivity contribution >= 4 is 17.8 Å².